The lowest BCUT2D eigenvalue weighted by Crippen LogP contribution is -2.04. The number of carboxylic acid groups (broad SMARTS) is 1. The molecule has 0 aliphatic heterocycles. The van der Waals surface area contributed by atoms with E-state index in [1.54, 1.807) is 11.4 Å². The van der Waals surface area contributed by atoms with Gasteiger partial charge in [-0.15, -0.1) is 21.5 Å². The van der Waals surface area contributed by atoms with E-state index in [2.05, 4.69) is 56.4 Å². The van der Waals surface area contributed by atoms with E-state index in [9.17, 15) is 9.90 Å². The van der Waals surface area contributed by atoms with Crippen LogP contribution in [-0.4, -0.2) is 41.3 Å². The third-order valence-corrected chi connectivity index (χ3v) is 6.81. The fourth-order valence-electron chi connectivity index (χ4n) is 4.10. The van der Waals surface area contributed by atoms with E-state index in [0.29, 0.717) is 28.5 Å². The number of nitrogens with zero attached hydrogens (tertiary/aromatic N) is 5. The molecule has 0 atom stereocenters. The van der Waals surface area contributed by atoms with Gasteiger partial charge in [-0.1, -0.05) is 61.9 Å². The Balaban J connectivity index is 1.43. The zero-order valence-electron chi connectivity index (χ0n) is 19.2. The number of rotatable bonds is 9. The second kappa shape index (κ2) is 10.0. The van der Waals surface area contributed by atoms with Crippen molar-refractivity contribution in [3.63, 3.8) is 0 Å². The standard InChI is InChI=1S/C26H24N6O2S/c1-2-3-8-23-27-22(24-21(26(33)34)13-14-35-24)16-32(23)15-17-9-11-18(12-10-17)19-6-4-5-7-20(19)25-28-30-31-29-25/h4-7,9-14,16H,2-3,8,15H2,1H3,(H,33,34)(H,28,29,30,31). The summed E-state index contributed by atoms with van der Waals surface area (Å²) in [6.07, 6.45) is 4.91. The van der Waals surface area contributed by atoms with E-state index < -0.39 is 5.97 Å². The number of tetrazole rings is 1. The van der Waals surface area contributed by atoms with Crippen molar-refractivity contribution in [1.29, 1.82) is 0 Å². The number of hydrogen-bond acceptors (Lipinski definition) is 6. The Morgan fingerprint density at radius 3 is 2.60 bits per heavy atom. The molecule has 8 nitrogen and oxygen atoms in total. The van der Waals surface area contributed by atoms with Crippen molar-refractivity contribution >= 4 is 17.3 Å². The van der Waals surface area contributed by atoms with Gasteiger partial charge in [0.25, 0.3) is 0 Å². The third kappa shape index (κ3) is 4.76. The van der Waals surface area contributed by atoms with Gasteiger partial charge in [-0.25, -0.2) is 9.78 Å². The van der Waals surface area contributed by atoms with Gasteiger partial charge in [0.1, 0.15) is 5.82 Å². The van der Waals surface area contributed by atoms with E-state index in [0.717, 1.165) is 47.3 Å². The molecule has 0 amide bonds. The summed E-state index contributed by atoms with van der Waals surface area (Å²) in [6, 6.07) is 18.0. The van der Waals surface area contributed by atoms with Crippen LogP contribution in [-0.2, 0) is 13.0 Å². The van der Waals surface area contributed by atoms with Crippen LogP contribution in [0.5, 0.6) is 0 Å². The molecule has 0 radical (unpaired) electrons. The number of carbonyl (C=O) groups is 1. The zero-order chi connectivity index (χ0) is 24.2. The van der Waals surface area contributed by atoms with Gasteiger partial charge in [-0.2, -0.15) is 5.21 Å². The van der Waals surface area contributed by atoms with Gasteiger partial charge in [0, 0.05) is 24.7 Å². The quantitative estimate of drug-likeness (QED) is 0.284. The van der Waals surface area contributed by atoms with E-state index in [1.807, 2.05) is 30.5 Å². The van der Waals surface area contributed by atoms with Crippen molar-refractivity contribution in [2.75, 3.05) is 0 Å². The van der Waals surface area contributed by atoms with Crippen LogP contribution in [0.3, 0.4) is 0 Å². The molecule has 0 aliphatic carbocycles. The second-order valence-corrected chi connectivity index (χ2v) is 9.14. The van der Waals surface area contributed by atoms with Crippen LogP contribution in [0.25, 0.3) is 33.1 Å². The summed E-state index contributed by atoms with van der Waals surface area (Å²) in [5, 5.41) is 25.8. The van der Waals surface area contributed by atoms with Crippen molar-refractivity contribution in [3.8, 4) is 33.1 Å². The number of aromatic carboxylic acids is 1. The molecule has 3 aromatic heterocycles. The summed E-state index contributed by atoms with van der Waals surface area (Å²) in [4.78, 5) is 17.1. The zero-order valence-corrected chi connectivity index (χ0v) is 20.0. The first kappa shape index (κ1) is 22.7. The summed E-state index contributed by atoms with van der Waals surface area (Å²) >= 11 is 1.41. The molecule has 0 saturated heterocycles. The number of imidazole rings is 1. The van der Waals surface area contributed by atoms with Gasteiger partial charge in [-0.05, 0) is 39.8 Å². The third-order valence-electron chi connectivity index (χ3n) is 5.87. The highest BCUT2D eigenvalue weighted by Gasteiger charge is 2.18. The van der Waals surface area contributed by atoms with Gasteiger partial charge in [0.15, 0.2) is 0 Å². The second-order valence-electron chi connectivity index (χ2n) is 8.22. The van der Waals surface area contributed by atoms with Crippen LogP contribution in [0.15, 0.2) is 66.2 Å². The highest BCUT2D eigenvalue weighted by molar-refractivity contribution is 7.14. The Bertz CT molecular complexity index is 1440. The molecular weight excluding hydrogens is 460 g/mol. The molecule has 35 heavy (non-hydrogen) atoms. The number of unbranched alkanes of at least 4 members (excludes halogenated alkanes) is 1. The Morgan fingerprint density at radius 2 is 1.89 bits per heavy atom. The van der Waals surface area contributed by atoms with Crippen LogP contribution >= 0.6 is 11.3 Å². The molecule has 0 saturated carbocycles. The number of benzene rings is 2. The fraction of sp³-hybridized carbons (Fsp3) is 0.192. The monoisotopic (exact) mass is 484 g/mol. The van der Waals surface area contributed by atoms with Crippen molar-refractivity contribution in [2.24, 2.45) is 0 Å². The minimum atomic E-state index is -0.928. The highest BCUT2D eigenvalue weighted by atomic mass is 32.1. The summed E-state index contributed by atoms with van der Waals surface area (Å²) < 4.78 is 2.14. The number of thiophene rings is 1. The van der Waals surface area contributed by atoms with Crippen molar-refractivity contribution in [1.82, 2.24) is 30.2 Å². The molecule has 9 heteroatoms. The van der Waals surface area contributed by atoms with E-state index >= 15 is 0 Å². The van der Waals surface area contributed by atoms with Crippen LogP contribution in [0, 0.1) is 0 Å². The molecule has 0 unspecified atom stereocenters. The Hall–Kier alpha value is -4.11. The number of hydrogen-bond donors (Lipinski definition) is 2. The SMILES string of the molecule is CCCCc1nc(-c2sccc2C(=O)O)cn1Cc1ccc(-c2ccccc2-c2nn[nH]n2)cc1. The summed E-state index contributed by atoms with van der Waals surface area (Å²) in [5.74, 6) is 0.603. The molecule has 2 aromatic carbocycles. The van der Waals surface area contributed by atoms with Crippen LogP contribution < -0.4 is 0 Å². The Kier molecular flexibility index (Phi) is 6.49. The topological polar surface area (TPSA) is 110 Å². The predicted molar refractivity (Wildman–Crippen MR) is 135 cm³/mol. The van der Waals surface area contributed by atoms with Crippen LogP contribution in [0.2, 0.25) is 0 Å². The number of carboxylic acids is 1. The number of H-pyrrole nitrogens is 1. The van der Waals surface area contributed by atoms with Gasteiger partial charge in [0.05, 0.1) is 16.1 Å². The smallest absolute Gasteiger partial charge is 0.337 e. The number of aromatic amines is 1. The van der Waals surface area contributed by atoms with Gasteiger partial charge in [-0.3, -0.25) is 0 Å². The molecular formula is C26H24N6O2S. The molecule has 0 spiro atoms. The molecule has 5 aromatic rings. The maximum atomic E-state index is 11.6. The minimum absolute atomic E-state index is 0.298. The first-order valence-electron chi connectivity index (χ1n) is 11.4. The van der Waals surface area contributed by atoms with Crippen LogP contribution in [0.4, 0.5) is 0 Å². The summed E-state index contributed by atoms with van der Waals surface area (Å²) in [6.45, 7) is 2.81. The molecule has 176 valence electrons. The first-order valence-corrected chi connectivity index (χ1v) is 12.3. The number of aromatic nitrogens is 6. The fourth-order valence-corrected chi connectivity index (χ4v) is 4.94. The summed E-state index contributed by atoms with van der Waals surface area (Å²) in [7, 11) is 0. The average Bonchev–Trinajstić information content (AvgIpc) is 3.64. The maximum absolute atomic E-state index is 11.6. The van der Waals surface area contributed by atoms with Gasteiger partial charge in [0.2, 0.25) is 5.82 Å². The molecule has 5 rings (SSSR count). The molecule has 0 fully saturated rings. The molecule has 0 aliphatic rings. The number of nitrogens with one attached hydrogen (secondary N) is 1. The molecule has 3 heterocycles. The average molecular weight is 485 g/mol. The molecule has 0 bridgehead atoms. The number of aryl methyl sites for hydroxylation is 1. The maximum Gasteiger partial charge on any atom is 0.337 e. The highest BCUT2D eigenvalue weighted by Crippen LogP contribution is 2.31. The Morgan fingerprint density at radius 1 is 1.09 bits per heavy atom. The van der Waals surface area contributed by atoms with E-state index in [4.69, 9.17) is 4.98 Å². The largest absolute Gasteiger partial charge is 0.478 e. The lowest BCUT2D eigenvalue weighted by Gasteiger charge is -2.10. The first-order chi connectivity index (χ1) is 17.1. The van der Waals surface area contributed by atoms with Crippen molar-refractivity contribution < 1.29 is 9.90 Å². The minimum Gasteiger partial charge on any atom is -0.478 e. The van der Waals surface area contributed by atoms with Crippen molar-refractivity contribution in [2.45, 2.75) is 32.7 Å². The van der Waals surface area contributed by atoms with Gasteiger partial charge < -0.3 is 9.67 Å². The Labute approximate surface area is 206 Å². The lowest BCUT2D eigenvalue weighted by molar-refractivity contribution is 0.0698. The van der Waals surface area contributed by atoms with E-state index in [-0.39, 0.29) is 0 Å². The normalized spacial score (nSPS) is 11.1. The lowest BCUT2D eigenvalue weighted by atomic mass is 9.98. The van der Waals surface area contributed by atoms with E-state index in [1.165, 1.54) is 11.3 Å². The molecule has 2 N–H and O–H groups in total. The van der Waals surface area contributed by atoms with Crippen molar-refractivity contribution in [3.05, 3.63) is 83.1 Å². The summed E-state index contributed by atoms with van der Waals surface area (Å²) in [5.41, 5.74) is 5.17. The van der Waals surface area contributed by atoms with Crippen LogP contribution in [0.1, 0.15) is 41.5 Å². The van der Waals surface area contributed by atoms with Gasteiger partial charge >= 0.3 is 5.97 Å². The predicted octanol–water partition coefficient (Wildman–Crippen LogP) is 5.55.